The molecule has 0 unspecified atom stereocenters. The van der Waals surface area contributed by atoms with Crippen molar-refractivity contribution in [2.45, 2.75) is 32.9 Å². The fraction of sp³-hybridized carbons (Fsp3) is 0.364. The topological polar surface area (TPSA) is 68.8 Å². The van der Waals surface area contributed by atoms with Crippen LogP contribution in [-0.4, -0.2) is 37.2 Å². The molecular weight excluding hydrogens is 364 g/mol. The van der Waals surface area contributed by atoms with Gasteiger partial charge in [0.1, 0.15) is 12.1 Å². The highest BCUT2D eigenvalue weighted by molar-refractivity contribution is 5.89. The zero-order valence-electron chi connectivity index (χ0n) is 16.5. The third kappa shape index (κ3) is 3.06. The van der Waals surface area contributed by atoms with E-state index >= 15 is 0 Å². The molecule has 1 fully saturated rings. The monoisotopic (exact) mass is 388 g/mol. The molecule has 0 radical (unpaired) electrons. The molecule has 0 N–H and O–H groups in total. The van der Waals surface area contributed by atoms with Gasteiger partial charge in [-0.3, -0.25) is 9.13 Å². The van der Waals surface area contributed by atoms with E-state index in [0.29, 0.717) is 12.5 Å². The molecule has 0 amide bonds. The van der Waals surface area contributed by atoms with Crippen LogP contribution in [0.2, 0.25) is 0 Å². The maximum atomic E-state index is 12.9. The van der Waals surface area contributed by atoms with Crippen molar-refractivity contribution in [1.29, 1.82) is 0 Å². The number of nitrogens with zero attached hydrogens (tertiary/aromatic N) is 6. The Bertz CT molecular complexity index is 1210. The third-order valence-electron chi connectivity index (χ3n) is 5.97. The molecule has 1 aliphatic heterocycles. The van der Waals surface area contributed by atoms with Gasteiger partial charge in [-0.05, 0) is 49.9 Å². The van der Waals surface area contributed by atoms with Crippen LogP contribution in [0.5, 0.6) is 0 Å². The Labute approximate surface area is 168 Å². The molecule has 0 spiro atoms. The number of aryl methyl sites for hydroxylation is 1. The first-order chi connectivity index (χ1) is 14.3. The minimum Gasteiger partial charge on any atom is -0.356 e. The van der Waals surface area contributed by atoms with Gasteiger partial charge < -0.3 is 4.90 Å². The molecule has 29 heavy (non-hydrogen) atoms. The molecule has 1 aliphatic rings. The first-order valence-electron chi connectivity index (χ1n) is 10.2. The highest BCUT2D eigenvalue weighted by Gasteiger charge is 2.24. The van der Waals surface area contributed by atoms with Gasteiger partial charge in [-0.15, -0.1) is 0 Å². The standard InChI is InChI=1S/C22H24N6O/c1-2-27-19-8-5-11-23-21(19)28(22(27)29)14-16-9-12-26(13-10-16)20-17-6-3-4-7-18(17)24-15-25-20/h3-8,11,15-16H,2,9-10,12-14H2,1H3. The van der Waals surface area contributed by atoms with Crippen molar-refractivity contribution in [3.8, 4) is 0 Å². The van der Waals surface area contributed by atoms with Crippen LogP contribution in [0.15, 0.2) is 53.7 Å². The van der Waals surface area contributed by atoms with Gasteiger partial charge in [-0.2, -0.15) is 0 Å². The SMILES string of the molecule is CCn1c(=O)n(CC2CCN(c3ncnc4ccccc34)CC2)c2ncccc21. The van der Waals surface area contributed by atoms with E-state index in [4.69, 9.17) is 0 Å². The molecule has 5 rings (SSSR count). The second-order valence-electron chi connectivity index (χ2n) is 7.63. The summed E-state index contributed by atoms with van der Waals surface area (Å²) in [6.45, 7) is 5.24. The maximum absolute atomic E-state index is 12.9. The Kier molecular flexibility index (Phi) is 4.50. The number of piperidine rings is 1. The lowest BCUT2D eigenvalue weighted by Crippen LogP contribution is -2.37. The summed E-state index contributed by atoms with van der Waals surface area (Å²) in [5.74, 6) is 1.46. The number of hydrogen-bond donors (Lipinski definition) is 0. The van der Waals surface area contributed by atoms with E-state index in [-0.39, 0.29) is 5.69 Å². The van der Waals surface area contributed by atoms with Crippen molar-refractivity contribution < 1.29 is 0 Å². The summed E-state index contributed by atoms with van der Waals surface area (Å²) in [6.07, 6.45) is 5.46. The Morgan fingerprint density at radius 2 is 1.83 bits per heavy atom. The van der Waals surface area contributed by atoms with Gasteiger partial charge >= 0.3 is 5.69 Å². The molecule has 0 aliphatic carbocycles. The number of rotatable bonds is 4. The maximum Gasteiger partial charge on any atom is 0.330 e. The predicted molar refractivity (Wildman–Crippen MR) is 114 cm³/mol. The molecule has 0 saturated carbocycles. The summed E-state index contributed by atoms with van der Waals surface area (Å²) in [5.41, 5.74) is 2.74. The number of hydrogen-bond acceptors (Lipinski definition) is 5. The highest BCUT2D eigenvalue weighted by Crippen LogP contribution is 2.28. The lowest BCUT2D eigenvalue weighted by molar-refractivity contribution is 0.354. The largest absolute Gasteiger partial charge is 0.356 e. The number of imidazole rings is 1. The number of para-hydroxylation sites is 1. The number of anilines is 1. The van der Waals surface area contributed by atoms with Gasteiger partial charge in [0.15, 0.2) is 5.65 Å². The van der Waals surface area contributed by atoms with Gasteiger partial charge in [0.25, 0.3) is 0 Å². The molecule has 1 saturated heterocycles. The lowest BCUT2D eigenvalue weighted by Gasteiger charge is -2.33. The third-order valence-corrected chi connectivity index (χ3v) is 5.97. The summed E-state index contributed by atoms with van der Waals surface area (Å²) < 4.78 is 3.67. The number of fused-ring (bicyclic) bond motifs is 2. The van der Waals surface area contributed by atoms with Crippen LogP contribution in [0.25, 0.3) is 22.1 Å². The molecule has 4 aromatic rings. The van der Waals surface area contributed by atoms with Crippen LogP contribution in [0.1, 0.15) is 19.8 Å². The van der Waals surface area contributed by atoms with Crippen LogP contribution in [0, 0.1) is 5.92 Å². The van der Waals surface area contributed by atoms with Gasteiger partial charge in [0.05, 0.1) is 11.0 Å². The zero-order chi connectivity index (χ0) is 19.8. The van der Waals surface area contributed by atoms with Gasteiger partial charge in [0, 0.05) is 37.8 Å². The van der Waals surface area contributed by atoms with E-state index in [1.807, 2.05) is 46.4 Å². The normalized spacial score (nSPS) is 15.4. The molecule has 4 heterocycles. The Balaban J connectivity index is 1.36. The second kappa shape index (κ2) is 7.31. The van der Waals surface area contributed by atoms with Crippen molar-refractivity contribution in [3.05, 3.63) is 59.4 Å². The van der Waals surface area contributed by atoms with Crippen molar-refractivity contribution in [2.75, 3.05) is 18.0 Å². The Morgan fingerprint density at radius 3 is 2.66 bits per heavy atom. The molecule has 1 aromatic carbocycles. The fourth-order valence-corrected chi connectivity index (χ4v) is 4.44. The lowest BCUT2D eigenvalue weighted by atomic mass is 9.96. The first-order valence-corrected chi connectivity index (χ1v) is 10.2. The number of benzene rings is 1. The van der Waals surface area contributed by atoms with Gasteiger partial charge in [-0.25, -0.2) is 19.7 Å². The second-order valence-corrected chi connectivity index (χ2v) is 7.63. The van der Waals surface area contributed by atoms with Crippen LogP contribution in [-0.2, 0) is 13.1 Å². The quantitative estimate of drug-likeness (QED) is 0.537. The predicted octanol–water partition coefficient (Wildman–Crippen LogP) is 3.08. The Morgan fingerprint density at radius 1 is 1.00 bits per heavy atom. The summed E-state index contributed by atoms with van der Waals surface area (Å²) in [5, 5.41) is 1.10. The smallest absolute Gasteiger partial charge is 0.330 e. The summed E-state index contributed by atoms with van der Waals surface area (Å²) >= 11 is 0. The molecule has 7 nitrogen and oxygen atoms in total. The number of aromatic nitrogens is 5. The van der Waals surface area contributed by atoms with Crippen molar-refractivity contribution in [1.82, 2.24) is 24.1 Å². The fourth-order valence-electron chi connectivity index (χ4n) is 4.44. The van der Waals surface area contributed by atoms with E-state index in [0.717, 1.165) is 60.4 Å². The first kappa shape index (κ1) is 17.8. The van der Waals surface area contributed by atoms with E-state index in [9.17, 15) is 4.79 Å². The summed E-state index contributed by atoms with van der Waals surface area (Å²) in [4.78, 5) is 28.6. The van der Waals surface area contributed by atoms with Crippen molar-refractivity contribution in [3.63, 3.8) is 0 Å². The molecule has 148 valence electrons. The van der Waals surface area contributed by atoms with E-state index < -0.39 is 0 Å². The van der Waals surface area contributed by atoms with Crippen LogP contribution >= 0.6 is 0 Å². The molecule has 7 heteroatoms. The minimum absolute atomic E-state index is 0.0467. The van der Waals surface area contributed by atoms with Crippen LogP contribution in [0.4, 0.5) is 5.82 Å². The van der Waals surface area contributed by atoms with E-state index in [1.165, 1.54) is 0 Å². The van der Waals surface area contributed by atoms with E-state index in [2.05, 4.69) is 25.9 Å². The average molecular weight is 388 g/mol. The van der Waals surface area contributed by atoms with E-state index in [1.54, 1.807) is 12.5 Å². The van der Waals surface area contributed by atoms with Crippen LogP contribution in [0.3, 0.4) is 0 Å². The average Bonchev–Trinajstić information content (AvgIpc) is 3.05. The Hall–Kier alpha value is -3.22. The van der Waals surface area contributed by atoms with Crippen LogP contribution < -0.4 is 10.6 Å². The summed E-state index contributed by atoms with van der Waals surface area (Å²) in [7, 11) is 0. The molecule has 0 bridgehead atoms. The highest BCUT2D eigenvalue weighted by atomic mass is 16.1. The molecule has 3 aromatic heterocycles. The minimum atomic E-state index is 0.0467. The van der Waals surface area contributed by atoms with Crippen molar-refractivity contribution >= 4 is 27.9 Å². The molecule has 0 atom stereocenters. The zero-order valence-corrected chi connectivity index (χ0v) is 16.5. The number of pyridine rings is 1. The van der Waals surface area contributed by atoms with Crippen molar-refractivity contribution in [2.24, 2.45) is 5.92 Å². The molecular formula is C22H24N6O. The van der Waals surface area contributed by atoms with Gasteiger partial charge in [0.2, 0.25) is 0 Å². The summed E-state index contributed by atoms with van der Waals surface area (Å²) in [6, 6.07) is 12.0. The van der Waals surface area contributed by atoms with Gasteiger partial charge in [-0.1, -0.05) is 12.1 Å².